The number of aromatic amines is 1. The first-order valence-electron chi connectivity index (χ1n) is 6.95. The molecule has 4 aromatic rings. The lowest BCUT2D eigenvalue weighted by atomic mass is 10.1. The fourth-order valence-electron chi connectivity index (χ4n) is 2.67. The normalized spacial score (nSPS) is 11.1. The Morgan fingerprint density at radius 3 is 2.86 bits per heavy atom. The maximum Gasteiger partial charge on any atom is 0.291 e. The molecule has 0 unspecified atom stereocenters. The molecule has 2 aromatic carbocycles. The lowest BCUT2D eigenvalue weighted by Gasteiger charge is -1.99. The zero-order valence-corrected chi connectivity index (χ0v) is 11.9. The molecule has 0 spiro atoms. The predicted octanol–water partition coefficient (Wildman–Crippen LogP) is 3.87. The third kappa shape index (κ3) is 1.87. The zero-order chi connectivity index (χ0) is 15.1. The lowest BCUT2D eigenvalue weighted by Crippen LogP contribution is -2.11. The molecule has 5 nitrogen and oxygen atoms in total. The van der Waals surface area contributed by atoms with Crippen LogP contribution in [-0.2, 0) is 0 Å². The molecule has 0 radical (unpaired) electrons. The van der Waals surface area contributed by atoms with Crippen molar-refractivity contribution in [3.8, 4) is 0 Å². The summed E-state index contributed by atoms with van der Waals surface area (Å²) < 4.78 is 5.88. The van der Waals surface area contributed by atoms with Crippen molar-refractivity contribution in [1.82, 2.24) is 10.2 Å². The largest absolute Gasteiger partial charge is 0.450 e. The first-order chi connectivity index (χ1) is 10.7. The highest BCUT2D eigenvalue weighted by Crippen LogP contribution is 2.31. The third-order valence-corrected chi connectivity index (χ3v) is 3.79. The molecule has 22 heavy (non-hydrogen) atoms. The summed E-state index contributed by atoms with van der Waals surface area (Å²) in [6.45, 7) is 1.89. The summed E-state index contributed by atoms with van der Waals surface area (Å²) in [5, 5.41) is 12.3. The Labute approximate surface area is 125 Å². The highest BCUT2D eigenvalue weighted by atomic mass is 16.3. The molecule has 0 aliphatic heterocycles. The number of aromatic nitrogens is 2. The molecule has 0 saturated heterocycles. The fourth-order valence-corrected chi connectivity index (χ4v) is 2.67. The van der Waals surface area contributed by atoms with Crippen LogP contribution in [0.25, 0.3) is 21.7 Å². The number of hydrogen-bond donors (Lipinski definition) is 2. The van der Waals surface area contributed by atoms with E-state index in [-0.39, 0.29) is 5.91 Å². The van der Waals surface area contributed by atoms with Crippen LogP contribution in [0.5, 0.6) is 0 Å². The minimum atomic E-state index is -0.279. The molecule has 0 atom stereocenters. The molecular weight excluding hydrogens is 278 g/mol. The van der Waals surface area contributed by atoms with Gasteiger partial charge in [0.05, 0.1) is 11.9 Å². The van der Waals surface area contributed by atoms with Gasteiger partial charge < -0.3 is 9.73 Å². The number of H-pyrrole nitrogens is 1. The van der Waals surface area contributed by atoms with Gasteiger partial charge in [0, 0.05) is 22.5 Å². The van der Waals surface area contributed by atoms with Gasteiger partial charge in [0.2, 0.25) is 0 Å². The second-order valence-electron chi connectivity index (χ2n) is 5.16. The maximum absolute atomic E-state index is 12.4. The molecular formula is C17H13N3O2. The number of hydrogen-bond acceptors (Lipinski definition) is 3. The van der Waals surface area contributed by atoms with Crippen LogP contribution in [0.2, 0.25) is 0 Å². The second-order valence-corrected chi connectivity index (χ2v) is 5.16. The predicted molar refractivity (Wildman–Crippen MR) is 85.0 cm³/mol. The Morgan fingerprint density at radius 2 is 2.05 bits per heavy atom. The SMILES string of the molecule is Cc1c(C(=O)Nc2cn[nH]c2)oc2c1ccc1ccccc12. The number of furan rings is 1. The van der Waals surface area contributed by atoms with Gasteiger partial charge in [-0.1, -0.05) is 36.4 Å². The van der Waals surface area contributed by atoms with Crippen molar-refractivity contribution in [2.24, 2.45) is 0 Å². The smallest absolute Gasteiger partial charge is 0.291 e. The third-order valence-electron chi connectivity index (χ3n) is 3.79. The van der Waals surface area contributed by atoms with E-state index < -0.39 is 0 Å². The van der Waals surface area contributed by atoms with Gasteiger partial charge in [-0.3, -0.25) is 9.89 Å². The summed E-state index contributed by atoms with van der Waals surface area (Å²) in [4.78, 5) is 12.4. The second kappa shape index (κ2) is 4.73. The van der Waals surface area contributed by atoms with E-state index in [1.54, 1.807) is 12.4 Å². The molecule has 0 aliphatic carbocycles. The van der Waals surface area contributed by atoms with E-state index >= 15 is 0 Å². The number of aryl methyl sites for hydroxylation is 1. The van der Waals surface area contributed by atoms with Gasteiger partial charge in [-0.05, 0) is 12.3 Å². The van der Waals surface area contributed by atoms with E-state index in [0.29, 0.717) is 11.4 Å². The molecule has 1 amide bonds. The van der Waals surface area contributed by atoms with Crippen molar-refractivity contribution in [1.29, 1.82) is 0 Å². The molecule has 2 heterocycles. The van der Waals surface area contributed by atoms with E-state index in [1.807, 2.05) is 43.3 Å². The number of rotatable bonds is 2. The fraction of sp³-hybridized carbons (Fsp3) is 0.0588. The van der Waals surface area contributed by atoms with Crippen molar-refractivity contribution >= 4 is 33.3 Å². The van der Waals surface area contributed by atoms with E-state index in [4.69, 9.17) is 4.42 Å². The van der Waals surface area contributed by atoms with Crippen molar-refractivity contribution in [3.63, 3.8) is 0 Å². The summed E-state index contributed by atoms with van der Waals surface area (Å²) in [5.41, 5.74) is 2.18. The number of nitrogens with zero attached hydrogens (tertiary/aromatic N) is 1. The van der Waals surface area contributed by atoms with Crippen LogP contribution in [0.4, 0.5) is 5.69 Å². The quantitative estimate of drug-likeness (QED) is 0.589. The minimum Gasteiger partial charge on any atom is -0.450 e. The molecule has 4 rings (SSSR count). The highest BCUT2D eigenvalue weighted by Gasteiger charge is 2.19. The zero-order valence-electron chi connectivity index (χ0n) is 11.9. The van der Waals surface area contributed by atoms with Gasteiger partial charge in [-0.25, -0.2) is 0 Å². The average molecular weight is 291 g/mol. The summed E-state index contributed by atoms with van der Waals surface area (Å²) in [6.07, 6.45) is 3.16. The Kier molecular flexibility index (Phi) is 2.72. The average Bonchev–Trinajstić information content (AvgIpc) is 3.15. The van der Waals surface area contributed by atoms with E-state index in [0.717, 1.165) is 27.3 Å². The van der Waals surface area contributed by atoms with Crippen LogP contribution < -0.4 is 5.32 Å². The molecule has 0 saturated carbocycles. The Bertz CT molecular complexity index is 984. The van der Waals surface area contributed by atoms with Crippen molar-refractivity contribution in [2.75, 3.05) is 5.32 Å². The lowest BCUT2D eigenvalue weighted by molar-refractivity contribution is 0.0998. The highest BCUT2D eigenvalue weighted by molar-refractivity contribution is 6.11. The summed E-state index contributed by atoms with van der Waals surface area (Å²) in [5.74, 6) is 0.0479. The summed E-state index contributed by atoms with van der Waals surface area (Å²) in [6, 6.07) is 12.0. The number of nitrogens with one attached hydrogen (secondary N) is 2. The first kappa shape index (κ1) is 12.6. The minimum absolute atomic E-state index is 0.279. The molecule has 2 aromatic heterocycles. The van der Waals surface area contributed by atoms with Gasteiger partial charge in [0.1, 0.15) is 5.58 Å². The Morgan fingerprint density at radius 1 is 1.18 bits per heavy atom. The first-order valence-corrected chi connectivity index (χ1v) is 6.95. The molecule has 0 bridgehead atoms. The van der Waals surface area contributed by atoms with Crippen molar-refractivity contribution in [3.05, 3.63) is 60.1 Å². The van der Waals surface area contributed by atoms with Gasteiger partial charge in [0.15, 0.2) is 5.76 Å². The van der Waals surface area contributed by atoms with Gasteiger partial charge in [-0.2, -0.15) is 5.10 Å². The molecule has 5 heteroatoms. The molecule has 2 N–H and O–H groups in total. The number of carbonyl (C=O) groups excluding carboxylic acids is 1. The van der Waals surface area contributed by atoms with E-state index in [2.05, 4.69) is 15.5 Å². The number of amides is 1. The summed E-state index contributed by atoms with van der Waals surface area (Å²) in [7, 11) is 0. The van der Waals surface area contributed by atoms with Crippen LogP contribution in [0.15, 0.2) is 53.2 Å². The number of fused-ring (bicyclic) bond motifs is 3. The molecule has 0 aliphatic rings. The van der Waals surface area contributed by atoms with Gasteiger partial charge in [-0.15, -0.1) is 0 Å². The monoisotopic (exact) mass is 291 g/mol. The van der Waals surface area contributed by atoms with Crippen LogP contribution in [0.3, 0.4) is 0 Å². The Hall–Kier alpha value is -3.08. The molecule has 108 valence electrons. The van der Waals surface area contributed by atoms with Crippen LogP contribution in [0, 0.1) is 6.92 Å². The van der Waals surface area contributed by atoms with E-state index in [1.165, 1.54) is 0 Å². The number of carbonyl (C=O) groups is 1. The number of anilines is 1. The Balaban J connectivity index is 1.86. The summed E-state index contributed by atoms with van der Waals surface area (Å²) >= 11 is 0. The molecule has 0 fully saturated rings. The van der Waals surface area contributed by atoms with Gasteiger partial charge >= 0.3 is 0 Å². The van der Waals surface area contributed by atoms with Crippen molar-refractivity contribution < 1.29 is 9.21 Å². The number of benzene rings is 2. The van der Waals surface area contributed by atoms with Crippen LogP contribution in [0.1, 0.15) is 16.1 Å². The maximum atomic E-state index is 12.4. The van der Waals surface area contributed by atoms with E-state index in [9.17, 15) is 4.79 Å². The topological polar surface area (TPSA) is 70.9 Å². The van der Waals surface area contributed by atoms with Crippen molar-refractivity contribution in [2.45, 2.75) is 6.92 Å². The van der Waals surface area contributed by atoms with Gasteiger partial charge in [0.25, 0.3) is 5.91 Å². The standard InChI is InChI=1S/C17H13N3O2/c1-10-13-7-6-11-4-2-3-5-14(11)16(13)22-15(10)17(21)20-12-8-18-19-9-12/h2-9H,1H3,(H,18,19)(H,20,21). The van der Waals surface area contributed by atoms with Crippen LogP contribution >= 0.6 is 0 Å². The van der Waals surface area contributed by atoms with Crippen LogP contribution in [-0.4, -0.2) is 16.1 Å².